The molecule has 106 valence electrons. The zero-order valence-corrected chi connectivity index (χ0v) is 13.8. The molecule has 0 aliphatic carbocycles. The molecule has 0 aromatic heterocycles. The van der Waals surface area contributed by atoms with E-state index in [0.717, 1.165) is 26.3 Å². The first kappa shape index (κ1) is 15.4. The third-order valence-electron chi connectivity index (χ3n) is 3.22. The average molecular weight is 355 g/mol. The molecule has 0 saturated carbocycles. The number of hydrogen-bond acceptors (Lipinski definition) is 2. The molecule has 2 rings (SSSR count). The molecular weight excluding hydrogens is 338 g/mol. The van der Waals surface area contributed by atoms with Gasteiger partial charge in [-0.15, -0.1) is 0 Å². The van der Waals surface area contributed by atoms with Gasteiger partial charge < -0.3 is 10.0 Å². The molecule has 4 heteroatoms. The van der Waals surface area contributed by atoms with E-state index in [1.807, 2.05) is 49.5 Å². The van der Waals surface area contributed by atoms with E-state index in [1.165, 1.54) is 0 Å². The zero-order valence-electron chi connectivity index (χ0n) is 11.5. The van der Waals surface area contributed by atoms with E-state index in [1.54, 1.807) is 6.92 Å². The molecule has 2 aromatic carbocycles. The minimum atomic E-state index is -0.508. The van der Waals surface area contributed by atoms with Crippen LogP contribution in [0, 0.1) is 0 Å². The topological polar surface area (TPSA) is 23.5 Å². The van der Waals surface area contributed by atoms with Crippen LogP contribution in [-0.4, -0.2) is 12.2 Å². The predicted octanol–water partition coefficient (Wildman–Crippen LogP) is 4.79. The Labute approximate surface area is 133 Å². The van der Waals surface area contributed by atoms with Crippen molar-refractivity contribution in [1.82, 2.24) is 0 Å². The molecule has 1 unspecified atom stereocenters. The summed E-state index contributed by atoms with van der Waals surface area (Å²) in [5, 5.41) is 10.7. The van der Waals surface area contributed by atoms with Gasteiger partial charge in [0.2, 0.25) is 0 Å². The molecule has 0 radical (unpaired) electrons. The molecule has 1 N–H and O–H groups in total. The van der Waals surface area contributed by atoms with E-state index < -0.39 is 6.10 Å². The fraction of sp³-hybridized carbons (Fsp3) is 0.250. The van der Waals surface area contributed by atoms with Gasteiger partial charge in [0.15, 0.2) is 0 Å². The van der Waals surface area contributed by atoms with Gasteiger partial charge >= 0.3 is 0 Å². The first-order valence-corrected chi connectivity index (χ1v) is 7.58. The molecule has 0 aliphatic rings. The summed E-state index contributed by atoms with van der Waals surface area (Å²) in [5.74, 6) is 0. The molecular formula is C16H17BrClNO. The van der Waals surface area contributed by atoms with Crippen LogP contribution in [-0.2, 0) is 6.54 Å². The highest BCUT2D eigenvalue weighted by atomic mass is 79.9. The lowest BCUT2D eigenvalue weighted by Crippen LogP contribution is -2.19. The summed E-state index contributed by atoms with van der Waals surface area (Å²) < 4.78 is 0.989. The molecule has 0 aliphatic heterocycles. The minimum Gasteiger partial charge on any atom is -0.389 e. The largest absolute Gasteiger partial charge is 0.389 e. The SMILES string of the molecule is CC(O)c1ccc(Br)cc1N(C)Cc1ccccc1Cl. The van der Waals surface area contributed by atoms with E-state index in [2.05, 4.69) is 20.8 Å². The summed E-state index contributed by atoms with van der Waals surface area (Å²) >= 11 is 9.68. The van der Waals surface area contributed by atoms with Crippen LogP contribution < -0.4 is 4.90 Å². The Kier molecular flexibility index (Phi) is 5.08. The fourth-order valence-electron chi connectivity index (χ4n) is 2.17. The Morgan fingerprint density at radius 1 is 1.25 bits per heavy atom. The van der Waals surface area contributed by atoms with Crippen molar-refractivity contribution in [3.8, 4) is 0 Å². The Bertz CT molecular complexity index is 601. The lowest BCUT2D eigenvalue weighted by molar-refractivity contribution is 0.199. The predicted molar refractivity (Wildman–Crippen MR) is 88.3 cm³/mol. The average Bonchev–Trinajstić information content (AvgIpc) is 2.40. The van der Waals surface area contributed by atoms with E-state index in [-0.39, 0.29) is 0 Å². The Morgan fingerprint density at radius 3 is 2.60 bits per heavy atom. The molecule has 0 saturated heterocycles. The van der Waals surface area contributed by atoms with Crippen LogP contribution in [0.3, 0.4) is 0 Å². The molecule has 0 amide bonds. The van der Waals surface area contributed by atoms with Crippen molar-refractivity contribution < 1.29 is 5.11 Å². The summed E-state index contributed by atoms with van der Waals surface area (Å²) in [5.41, 5.74) is 2.96. The molecule has 0 spiro atoms. The number of anilines is 1. The zero-order chi connectivity index (χ0) is 14.7. The monoisotopic (exact) mass is 353 g/mol. The van der Waals surface area contributed by atoms with Crippen molar-refractivity contribution >= 4 is 33.2 Å². The van der Waals surface area contributed by atoms with E-state index in [9.17, 15) is 5.11 Å². The highest BCUT2D eigenvalue weighted by Gasteiger charge is 2.13. The van der Waals surface area contributed by atoms with Gasteiger partial charge in [-0.2, -0.15) is 0 Å². The highest BCUT2D eigenvalue weighted by molar-refractivity contribution is 9.10. The second-order valence-corrected chi connectivity index (χ2v) is 6.15. The second kappa shape index (κ2) is 6.61. The van der Waals surface area contributed by atoms with Crippen LogP contribution in [0.2, 0.25) is 5.02 Å². The van der Waals surface area contributed by atoms with Gasteiger partial charge in [0, 0.05) is 34.3 Å². The van der Waals surface area contributed by atoms with Crippen LogP contribution in [0.4, 0.5) is 5.69 Å². The number of hydrogen-bond donors (Lipinski definition) is 1. The van der Waals surface area contributed by atoms with Gasteiger partial charge in [0.25, 0.3) is 0 Å². The molecule has 2 nitrogen and oxygen atoms in total. The van der Waals surface area contributed by atoms with Gasteiger partial charge in [0.1, 0.15) is 0 Å². The van der Waals surface area contributed by atoms with Crippen molar-refractivity contribution in [2.75, 3.05) is 11.9 Å². The van der Waals surface area contributed by atoms with Gasteiger partial charge in [0.05, 0.1) is 6.10 Å². The molecule has 0 bridgehead atoms. The first-order chi connectivity index (χ1) is 9.49. The molecule has 0 fully saturated rings. The molecule has 0 heterocycles. The standard InChI is InChI=1S/C16H17BrClNO/c1-11(20)14-8-7-13(17)9-16(14)19(2)10-12-5-3-4-6-15(12)18/h3-9,11,20H,10H2,1-2H3. The normalized spacial score (nSPS) is 12.2. The van der Waals surface area contributed by atoms with Crippen molar-refractivity contribution in [2.45, 2.75) is 19.6 Å². The van der Waals surface area contributed by atoms with Crippen molar-refractivity contribution in [3.63, 3.8) is 0 Å². The minimum absolute atomic E-state index is 0.508. The fourth-order valence-corrected chi connectivity index (χ4v) is 2.71. The van der Waals surface area contributed by atoms with Gasteiger partial charge in [-0.1, -0.05) is 51.8 Å². The summed E-state index contributed by atoms with van der Waals surface area (Å²) in [6.45, 7) is 2.46. The van der Waals surface area contributed by atoms with Gasteiger partial charge in [-0.25, -0.2) is 0 Å². The number of halogens is 2. The van der Waals surface area contributed by atoms with Gasteiger partial charge in [-0.3, -0.25) is 0 Å². The van der Waals surface area contributed by atoms with E-state index in [0.29, 0.717) is 6.54 Å². The van der Waals surface area contributed by atoms with Crippen molar-refractivity contribution in [1.29, 1.82) is 0 Å². The van der Waals surface area contributed by atoms with Crippen LogP contribution in [0.1, 0.15) is 24.2 Å². The van der Waals surface area contributed by atoms with Gasteiger partial charge in [-0.05, 0) is 30.7 Å². The lowest BCUT2D eigenvalue weighted by atomic mass is 10.1. The Balaban J connectivity index is 2.31. The number of nitrogens with zero attached hydrogens (tertiary/aromatic N) is 1. The van der Waals surface area contributed by atoms with Crippen LogP contribution in [0.15, 0.2) is 46.9 Å². The number of rotatable bonds is 4. The summed E-state index contributed by atoms with van der Waals surface area (Å²) in [6.07, 6.45) is -0.508. The Hall–Kier alpha value is -1.03. The third-order valence-corrected chi connectivity index (χ3v) is 4.08. The smallest absolute Gasteiger partial charge is 0.0782 e. The summed E-state index contributed by atoms with van der Waals surface area (Å²) in [7, 11) is 2.00. The Morgan fingerprint density at radius 2 is 1.95 bits per heavy atom. The van der Waals surface area contributed by atoms with Crippen LogP contribution in [0.25, 0.3) is 0 Å². The molecule has 1 atom stereocenters. The quantitative estimate of drug-likeness (QED) is 0.853. The number of aliphatic hydroxyl groups is 1. The summed E-state index contributed by atoms with van der Waals surface area (Å²) in [4.78, 5) is 2.09. The van der Waals surface area contributed by atoms with E-state index >= 15 is 0 Å². The number of benzene rings is 2. The highest BCUT2D eigenvalue weighted by Crippen LogP contribution is 2.30. The lowest BCUT2D eigenvalue weighted by Gasteiger charge is -2.24. The molecule has 20 heavy (non-hydrogen) atoms. The maximum absolute atomic E-state index is 9.90. The molecule has 2 aromatic rings. The first-order valence-electron chi connectivity index (χ1n) is 6.41. The van der Waals surface area contributed by atoms with E-state index in [4.69, 9.17) is 11.6 Å². The summed E-state index contributed by atoms with van der Waals surface area (Å²) in [6, 6.07) is 13.7. The maximum Gasteiger partial charge on any atom is 0.0782 e. The van der Waals surface area contributed by atoms with Crippen LogP contribution in [0.5, 0.6) is 0 Å². The van der Waals surface area contributed by atoms with Crippen molar-refractivity contribution in [3.05, 3.63) is 63.1 Å². The third kappa shape index (κ3) is 3.54. The van der Waals surface area contributed by atoms with Crippen molar-refractivity contribution in [2.24, 2.45) is 0 Å². The second-order valence-electron chi connectivity index (χ2n) is 4.83. The van der Waals surface area contributed by atoms with Crippen LogP contribution >= 0.6 is 27.5 Å². The maximum atomic E-state index is 9.90. The number of aliphatic hydroxyl groups excluding tert-OH is 1.